The molecule has 0 spiro atoms. The second-order valence-corrected chi connectivity index (χ2v) is 4.91. The highest BCUT2D eigenvalue weighted by Crippen LogP contribution is 2.23. The highest BCUT2D eigenvalue weighted by molar-refractivity contribution is 5.96. The minimum absolute atomic E-state index is 0.367. The predicted octanol–water partition coefficient (Wildman–Crippen LogP) is 2.48. The average molecular weight is 344 g/mol. The predicted molar refractivity (Wildman–Crippen MR) is 94.2 cm³/mol. The van der Waals surface area contributed by atoms with E-state index in [1.807, 2.05) is 0 Å². The van der Waals surface area contributed by atoms with Gasteiger partial charge in [0.1, 0.15) is 23.0 Å². The molecule has 0 aliphatic carbocycles. The van der Waals surface area contributed by atoms with E-state index in [0.717, 1.165) is 0 Å². The van der Waals surface area contributed by atoms with Gasteiger partial charge in [-0.05, 0) is 30.3 Å². The van der Waals surface area contributed by atoms with E-state index < -0.39 is 5.91 Å². The van der Waals surface area contributed by atoms with Gasteiger partial charge in [-0.15, -0.1) is 0 Å². The van der Waals surface area contributed by atoms with Gasteiger partial charge in [-0.3, -0.25) is 4.79 Å². The Morgan fingerprint density at radius 1 is 0.880 bits per heavy atom. The number of amides is 1. The van der Waals surface area contributed by atoms with Crippen LogP contribution in [0, 0.1) is 0 Å². The number of nitrogens with one attached hydrogen (secondary N) is 1. The van der Waals surface area contributed by atoms with E-state index in [1.54, 1.807) is 50.6 Å². The van der Waals surface area contributed by atoms with Gasteiger partial charge < -0.3 is 18.9 Å². The molecule has 7 nitrogen and oxygen atoms in total. The molecule has 0 bridgehead atoms. The zero-order valence-corrected chi connectivity index (χ0v) is 14.5. The molecule has 0 unspecified atom stereocenters. The summed E-state index contributed by atoms with van der Waals surface area (Å²) in [6, 6.07) is 10.2. The summed E-state index contributed by atoms with van der Waals surface area (Å²) < 4.78 is 20.7. The van der Waals surface area contributed by atoms with Crippen molar-refractivity contribution in [1.82, 2.24) is 5.43 Å². The summed E-state index contributed by atoms with van der Waals surface area (Å²) in [7, 11) is 6.16. The van der Waals surface area contributed by atoms with Gasteiger partial charge in [0, 0.05) is 17.2 Å². The molecule has 0 aliphatic rings. The fourth-order valence-electron chi connectivity index (χ4n) is 2.10. The standard InChI is InChI=1S/C18H20N2O5/c1-22-14-5-6-17(25-4)13(9-14)11-19-20-18(21)12-7-15(23-2)10-16(8-12)24-3/h5-11H,1-4H3,(H,20,21)/b19-11+. The largest absolute Gasteiger partial charge is 0.497 e. The Morgan fingerprint density at radius 3 is 2.08 bits per heavy atom. The lowest BCUT2D eigenvalue weighted by atomic mass is 10.2. The van der Waals surface area contributed by atoms with Crippen LogP contribution in [0.5, 0.6) is 23.0 Å². The molecular weight excluding hydrogens is 324 g/mol. The number of rotatable bonds is 7. The van der Waals surface area contributed by atoms with Crippen LogP contribution in [0.25, 0.3) is 0 Å². The van der Waals surface area contributed by atoms with Crippen molar-refractivity contribution in [2.45, 2.75) is 0 Å². The second kappa shape index (κ2) is 8.58. The minimum atomic E-state index is -0.393. The Balaban J connectivity index is 2.15. The monoisotopic (exact) mass is 344 g/mol. The average Bonchev–Trinajstić information content (AvgIpc) is 2.67. The van der Waals surface area contributed by atoms with Crippen LogP contribution in [0.15, 0.2) is 41.5 Å². The zero-order chi connectivity index (χ0) is 18.2. The van der Waals surface area contributed by atoms with E-state index in [1.165, 1.54) is 20.4 Å². The van der Waals surface area contributed by atoms with Crippen LogP contribution in [0.2, 0.25) is 0 Å². The number of carbonyl (C=O) groups excluding carboxylic acids is 1. The molecule has 2 rings (SSSR count). The summed E-state index contributed by atoms with van der Waals surface area (Å²) in [5, 5.41) is 3.97. The van der Waals surface area contributed by atoms with Crippen molar-refractivity contribution in [2.75, 3.05) is 28.4 Å². The maximum absolute atomic E-state index is 12.3. The van der Waals surface area contributed by atoms with Crippen molar-refractivity contribution < 1.29 is 23.7 Å². The molecule has 1 N–H and O–H groups in total. The van der Waals surface area contributed by atoms with E-state index in [-0.39, 0.29) is 0 Å². The number of methoxy groups -OCH3 is 4. The van der Waals surface area contributed by atoms with Gasteiger partial charge in [0.2, 0.25) is 0 Å². The van der Waals surface area contributed by atoms with Gasteiger partial charge in [0.15, 0.2) is 0 Å². The summed E-state index contributed by atoms with van der Waals surface area (Å²) in [6.07, 6.45) is 1.48. The number of hydrogen-bond acceptors (Lipinski definition) is 6. The maximum Gasteiger partial charge on any atom is 0.271 e. The van der Waals surface area contributed by atoms with Gasteiger partial charge in [-0.25, -0.2) is 5.43 Å². The lowest BCUT2D eigenvalue weighted by Crippen LogP contribution is -2.17. The number of carbonyl (C=O) groups is 1. The van der Waals surface area contributed by atoms with E-state index in [0.29, 0.717) is 34.1 Å². The highest BCUT2D eigenvalue weighted by atomic mass is 16.5. The summed E-state index contributed by atoms with van der Waals surface area (Å²) in [5.41, 5.74) is 3.50. The van der Waals surface area contributed by atoms with E-state index in [9.17, 15) is 4.79 Å². The second-order valence-electron chi connectivity index (χ2n) is 4.91. The molecule has 25 heavy (non-hydrogen) atoms. The Hall–Kier alpha value is -3.22. The molecular formula is C18H20N2O5. The quantitative estimate of drug-likeness (QED) is 0.617. The first kappa shape index (κ1) is 18.1. The first-order valence-electron chi connectivity index (χ1n) is 7.39. The van der Waals surface area contributed by atoms with Gasteiger partial charge in [0.25, 0.3) is 5.91 Å². The molecule has 0 atom stereocenters. The third-order valence-electron chi connectivity index (χ3n) is 3.42. The van der Waals surface area contributed by atoms with Crippen molar-refractivity contribution in [3.8, 4) is 23.0 Å². The third kappa shape index (κ3) is 4.63. The molecule has 2 aromatic carbocycles. The lowest BCUT2D eigenvalue weighted by Gasteiger charge is -2.08. The molecule has 1 amide bonds. The topological polar surface area (TPSA) is 78.4 Å². The molecule has 2 aromatic rings. The maximum atomic E-state index is 12.3. The normalized spacial score (nSPS) is 10.4. The fraction of sp³-hybridized carbons (Fsp3) is 0.222. The number of nitrogens with zero attached hydrogens (tertiary/aromatic N) is 1. The van der Waals surface area contributed by atoms with Gasteiger partial charge in [0.05, 0.1) is 34.7 Å². The van der Waals surface area contributed by atoms with E-state index in [2.05, 4.69) is 10.5 Å². The van der Waals surface area contributed by atoms with Crippen LogP contribution in [0.1, 0.15) is 15.9 Å². The SMILES string of the molecule is COc1cc(OC)cc(C(=O)N/N=C/c2cc(OC)ccc2OC)c1. The van der Waals surface area contributed by atoms with Crippen molar-refractivity contribution in [1.29, 1.82) is 0 Å². The smallest absolute Gasteiger partial charge is 0.271 e. The number of hydrazone groups is 1. The highest BCUT2D eigenvalue weighted by Gasteiger charge is 2.09. The van der Waals surface area contributed by atoms with Gasteiger partial charge in [-0.1, -0.05) is 0 Å². The van der Waals surface area contributed by atoms with Gasteiger partial charge >= 0.3 is 0 Å². The van der Waals surface area contributed by atoms with Crippen LogP contribution in [0.4, 0.5) is 0 Å². The molecule has 0 heterocycles. The Kier molecular flexibility index (Phi) is 6.22. The first-order valence-corrected chi connectivity index (χ1v) is 7.39. The summed E-state index contributed by atoms with van der Waals surface area (Å²) in [5.74, 6) is 1.91. The first-order chi connectivity index (χ1) is 12.1. The van der Waals surface area contributed by atoms with Crippen molar-refractivity contribution in [3.63, 3.8) is 0 Å². The molecule has 0 aromatic heterocycles. The van der Waals surface area contributed by atoms with Crippen LogP contribution in [-0.4, -0.2) is 40.6 Å². The Bertz CT molecular complexity index is 752. The van der Waals surface area contributed by atoms with Crippen LogP contribution in [-0.2, 0) is 0 Å². The van der Waals surface area contributed by atoms with Gasteiger partial charge in [-0.2, -0.15) is 5.10 Å². The van der Waals surface area contributed by atoms with E-state index >= 15 is 0 Å². The van der Waals surface area contributed by atoms with Crippen molar-refractivity contribution >= 4 is 12.1 Å². The fourth-order valence-corrected chi connectivity index (χ4v) is 2.10. The Morgan fingerprint density at radius 2 is 1.52 bits per heavy atom. The lowest BCUT2D eigenvalue weighted by molar-refractivity contribution is 0.0954. The molecule has 0 saturated heterocycles. The van der Waals surface area contributed by atoms with E-state index in [4.69, 9.17) is 18.9 Å². The number of ether oxygens (including phenoxy) is 4. The summed E-state index contributed by atoms with van der Waals surface area (Å²) in [6.45, 7) is 0. The molecule has 0 fully saturated rings. The van der Waals surface area contributed by atoms with Crippen molar-refractivity contribution in [2.24, 2.45) is 5.10 Å². The number of benzene rings is 2. The van der Waals surface area contributed by atoms with Crippen LogP contribution < -0.4 is 24.4 Å². The third-order valence-corrected chi connectivity index (χ3v) is 3.42. The molecule has 0 radical (unpaired) electrons. The summed E-state index contributed by atoms with van der Waals surface area (Å²) in [4.78, 5) is 12.3. The molecule has 7 heteroatoms. The van der Waals surface area contributed by atoms with Crippen molar-refractivity contribution in [3.05, 3.63) is 47.5 Å². The molecule has 0 saturated carbocycles. The van der Waals surface area contributed by atoms with Crippen LogP contribution >= 0.6 is 0 Å². The van der Waals surface area contributed by atoms with Crippen LogP contribution in [0.3, 0.4) is 0 Å². The minimum Gasteiger partial charge on any atom is -0.497 e. The molecule has 132 valence electrons. The zero-order valence-electron chi connectivity index (χ0n) is 14.5. The Labute approximate surface area is 146 Å². The molecule has 0 aliphatic heterocycles. The number of hydrogen-bond donors (Lipinski definition) is 1. The summed E-state index contributed by atoms with van der Waals surface area (Å²) >= 11 is 0.